The van der Waals surface area contributed by atoms with Gasteiger partial charge >= 0.3 is 0 Å². The fraction of sp³-hybridized carbons (Fsp3) is 0.155. The Hall–Kier alpha value is -8.20. The van der Waals surface area contributed by atoms with Crippen LogP contribution in [0.5, 0.6) is 0 Å². The van der Waals surface area contributed by atoms with E-state index < -0.39 is 0 Å². The van der Waals surface area contributed by atoms with E-state index in [2.05, 4.69) is 239 Å². The molecule has 1 saturated carbocycles. The van der Waals surface area contributed by atoms with Gasteiger partial charge in [0.25, 0.3) is 0 Å². The number of hydrogen-bond donors (Lipinski definition) is 0. The Morgan fingerprint density at radius 2 is 1.00 bits per heavy atom. The number of benzene rings is 11. The molecule has 2 heterocycles. The Morgan fingerprint density at radius 3 is 1.75 bits per heavy atom. The van der Waals surface area contributed by atoms with Gasteiger partial charge in [-0.3, -0.25) is 0 Å². The van der Waals surface area contributed by atoms with Crippen molar-refractivity contribution in [2.24, 2.45) is 0 Å². The molecule has 0 radical (unpaired) electrons. The van der Waals surface area contributed by atoms with Gasteiger partial charge in [0, 0.05) is 27.0 Å². The van der Waals surface area contributed by atoms with E-state index in [0.717, 1.165) is 35.2 Å². The van der Waals surface area contributed by atoms with E-state index in [1.54, 1.807) is 0 Å². The van der Waals surface area contributed by atoms with Gasteiger partial charge in [-0.1, -0.05) is 203 Å². The predicted octanol–water partition coefficient (Wildman–Crippen LogP) is 19.4. The van der Waals surface area contributed by atoms with Gasteiger partial charge < -0.3 is 8.83 Å². The van der Waals surface area contributed by atoms with E-state index in [0.29, 0.717) is 11.8 Å². The lowest BCUT2D eigenvalue weighted by Gasteiger charge is -2.47. The first-order valence-corrected chi connectivity index (χ1v) is 26.3. The van der Waals surface area contributed by atoms with Crippen molar-refractivity contribution in [3.63, 3.8) is 0 Å². The molecule has 2 nitrogen and oxygen atoms in total. The molecule has 73 heavy (non-hydrogen) atoms. The summed E-state index contributed by atoms with van der Waals surface area (Å²) in [6.45, 7) is 7.42. The zero-order valence-electron chi connectivity index (χ0n) is 41.4. The highest BCUT2D eigenvalue weighted by atomic mass is 16.3. The molecule has 13 aromatic rings. The molecule has 0 aliphatic heterocycles. The SMILES string of the molecule is CC(c1ccc2c(c1)C(C)(C)c1cc(C3CC(c4cccc5ccccc45)C3c3ccc4oc5ccccc5c4c3)c3ccccc3c1-2)C(Cc1cccc2ccccc12)c1ccc2oc3ccccc3c2c1. The fourth-order valence-electron chi connectivity index (χ4n) is 14.0. The van der Waals surface area contributed by atoms with Gasteiger partial charge in [0.05, 0.1) is 0 Å². The lowest BCUT2D eigenvalue weighted by atomic mass is 9.56. The summed E-state index contributed by atoms with van der Waals surface area (Å²) in [7, 11) is 0. The van der Waals surface area contributed by atoms with Crippen LogP contribution in [0.3, 0.4) is 0 Å². The quantitative estimate of drug-likeness (QED) is 0.152. The Balaban J connectivity index is 0.854. The molecule has 0 bridgehead atoms. The summed E-state index contributed by atoms with van der Waals surface area (Å²) in [4.78, 5) is 0. The highest BCUT2D eigenvalue weighted by Crippen LogP contribution is 2.62. The lowest BCUT2D eigenvalue weighted by molar-refractivity contribution is 0.288. The number of rotatable bonds is 8. The largest absolute Gasteiger partial charge is 0.456 e. The van der Waals surface area contributed by atoms with Crippen LogP contribution in [0.25, 0.3) is 87.3 Å². The first-order chi connectivity index (χ1) is 35.9. The van der Waals surface area contributed by atoms with Crippen molar-refractivity contribution < 1.29 is 8.83 Å². The number of hydrogen-bond acceptors (Lipinski definition) is 2. The molecular weight excluding hydrogens is 885 g/mol. The van der Waals surface area contributed by atoms with Crippen LogP contribution >= 0.6 is 0 Å². The third-order valence-corrected chi connectivity index (χ3v) is 17.8. The molecule has 2 aliphatic rings. The van der Waals surface area contributed by atoms with Crippen LogP contribution in [0.1, 0.15) is 101 Å². The third-order valence-electron chi connectivity index (χ3n) is 17.8. The summed E-state index contributed by atoms with van der Waals surface area (Å²) < 4.78 is 12.8. The molecule has 1 fully saturated rings. The Kier molecular flexibility index (Phi) is 9.40. The average Bonchev–Trinajstić information content (AvgIpc) is 4.06. The number of fused-ring (bicyclic) bond motifs is 13. The van der Waals surface area contributed by atoms with E-state index >= 15 is 0 Å². The second kappa shape index (κ2) is 16.2. The molecule has 0 amide bonds. The van der Waals surface area contributed by atoms with Gasteiger partial charge in [-0.15, -0.1) is 0 Å². The fourth-order valence-corrected chi connectivity index (χ4v) is 14.0. The topological polar surface area (TPSA) is 26.3 Å². The van der Waals surface area contributed by atoms with E-state index in [1.165, 1.54) is 109 Å². The van der Waals surface area contributed by atoms with Crippen molar-refractivity contribution in [2.45, 2.75) is 68.6 Å². The van der Waals surface area contributed by atoms with Gasteiger partial charge in [-0.05, 0) is 167 Å². The maximum absolute atomic E-state index is 6.40. The molecule has 5 atom stereocenters. The van der Waals surface area contributed by atoms with Gasteiger partial charge in [0.15, 0.2) is 0 Å². The molecule has 5 unspecified atom stereocenters. The van der Waals surface area contributed by atoms with Crippen molar-refractivity contribution in [2.75, 3.05) is 0 Å². The molecule has 11 aromatic carbocycles. The smallest absolute Gasteiger partial charge is 0.135 e. The Labute approximate surface area is 425 Å². The second-order valence-electron chi connectivity index (χ2n) is 21.9. The van der Waals surface area contributed by atoms with Crippen LogP contribution in [-0.4, -0.2) is 0 Å². The van der Waals surface area contributed by atoms with Crippen molar-refractivity contribution in [3.8, 4) is 11.1 Å². The Morgan fingerprint density at radius 1 is 0.438 bits per heavy atom. The molecule has 0 N–H and O–H groups in total. The minimum Gasteiger partial charge on any atom is -0.456 e. The van der Waals surface area contributed by atoms with Gasteiger partial charge in [0.2, 0.25) is 0 Å². The van der Waals surface area contributed by atoms with E-state index in [9.17, 15) is 0 Å². The van der Waals surface area contributed by atoms with Gasteiger partial charge in [-0.2, -0.15) is 0 Å². The van der Waals surface area contributed by atoms with E-state index in [4.69, 9.17) is 8.83 Å². The first kappa shape index (κ1) is 42.5. The van der Waals surface area contributed by atoms with Crippen molar-refractivity contribution in [1.29, 1.82) is 0 Å². The van der Waals surface area contributed by atoms with Crippen LogP contribution in [0.15, 0.2) is 227 Å². The molecule has 2 aromatic heterocycles. The monoisotopic (exact) mass is 938 g/mol. The van der Waals surface area contributed by atoms with E-state index in [-0.39, 0.29) is 23.2 Å². The maximum Gasteiger partial charge on any atom is 0.135 e. The van der Waals surface area contributed by atoms with E-state index in [1.807, 2.05) is 0 Å². The van der Waals surface area contributed by atoms with Crippen molar-refractivity contribution in [3.05, 3.63) is 263 Å². The summed E-state index contributed by atoms with van der Waals surface area (Å²) in [5.74, 6) is 1.40. The summed E-state index contributed by atoms with van der Waals surface area (Å²) in [5.41, 5.74) is 17.6. The number of para-hydroxylation sites is 2. The molecule has 0 saturated heterocycles. The summed E-state index contributed by atoms with van der Waals surface area (Å²) in [6, 6.07) is 82.0. The highest BCUT2D eigenvalue weighted by molar-refractivity contribution is 6.07. The molecule has 350 valence electrons. The second-order valence-corrected chi connectivity index (χ2v) is 21.9. The third kappa shape index (κ3) is 6.49. The summed E-state index contributed by atoms with van der Waals surface area (Å²) >= 11 is 0. The van der Waals surface area contributed by atoms with Crippen LogP contribution in [0.4, 0.5) is 0 Å². The van der Waals surface area contributed by atoms with Crippen molar-refractivity contribution >= 4 is 76.2 Å². The van der Waals surface area contributed by atoms with Crippen LogP contribution in [0.2, 0.25) is 0 Å². The van der Waals surface area contributed by atoms with Crippen LogP contribution in [-0.2, 0) is 11.8 Å². The normalized spacial score (nSPS) is 17.9. The van der Waals surface area contributed by atoms with Crippen LogP contribution in [0, 0.1) is 0 Å². The molecule has 2 heteroatoms. The van der Waals surface area contributed by atoms with Crippen molar-refractivity contribution in [1.82, 2.24) is 0 Å². The molecular formula is C71H54O2. The zero-order valence-corrected chi connectivity index (χ0v) is 41.4. The zero-order chi connectivity index (χ0) is 48.5. The standard InChI is InChI=1S/C71H54O2/c1-42(57(36-46-20-14-18-43-16-4-6-21-49(43)46)47-31-34-67-59(37-47)53-24-10-12-28-65(53)72-67)45-30-33-56-63(39-45)71(2,3)64-41-58(52-23-8-9-26-55(52)70(56)64)62-40-61(51-27-15-19-44-17-5-7-22-50(44)51)69(62)48-32-35-68-60(38-48)54-25-11-13-29-66(54)73-68/h4-35,37-39,41-42,57,61-62,69H,36,40H2,1-3H3. The molecule has 2 aliphatic carbocycles. The average molecular weight is 939 g/mol. The maximum atomic E-state index is 6.40. The minimum atomic E-state index is -0.220. The first-order valence-electron chi connectivity index (χ1n) is 26.3. The lowest BCUT2D eigenvalue weighted by Crippen LogP contribution is -2.32. The molecule has 0 spiro atoms. The minimum absolute atomic E-state index is 0.214. The van der Waals surface area contributed by atoms with Gasteiger partial charge in [0.1, 0.15) is 22.3 Å². The summed E-state index contributed by atoms with van der Waals surface area (Å²) in [6.07, 6.45) is 2.00. The van der Waals surface area contributed by atoms with Gasteiger partial charge in [-0.25, -0.2) is 0 Å². The molecule has 15 rings (SSSR count). The highest BCUT2D eigenvalue weighted by Gasteiger charge is 2.46. The number of furan rings is 2. The Bertz CT molecular complexity index is 4360. The van der Waals surface area contributed by atoms with Crippen LogP contribution < -0.4 is 0 Å². The predicted molar refractivity (Wildman–Crippen MR) is 305 cm³/mol. The summed E-state index contributed by atoms with van der Waals surface area (Å²) in [5, 5.41) is 12.8.